The summed E-state index contributed by atoms with van der Waals surface area (Å²) < 4.78 is 48.5. The molecular formula is C24H24FN3O6S. The Hall–Kier alpha value is -3.15. The molecule has 0 radical (unpaired) electrons. The fraction of sp³-hybridized carbons (Fsp3) is 0.375. The third-order valence-electron chi connectivity index (χ3n) is 6.87. The van der Waals surface area contributed by atoms with Crippen molar-refractivity contribution >= 4 is 26.9 Å². The van der Waals surface area contributed by atoms with E-state index in [1.165, 1.54) is 10.6 Å². The van der Waals surface area contributed by atoms with Crippen molar-refractivity contribution in [3.8, 4) is 11.4 Å². The highest BCUT2D eigenvalue weighted by atomic mass is 32.2. The van der Waals surface area contributed by atoms with E-state index in [9.17, 15) is 23.1 Å². The zero-order valence-corrected chi connectivity index (χ0v) is 20.4. The van der Waals surface area contributed by atoms with Crippen LogP contribution in [0.15, 0.2) is 23.0 Å². The van der Waals surface area contributed by atoms with Gasteiger partial charge in [-0.25, -0.2) is 27.3 Å². The first kappa shape index (κ1) is 23.6. The lowest BCUT2D eigenvalue weighted by molar-refractivity contribution is -0.172. The van der Waals surface area contributed by atoms with E-state index in [0.29, 0.717) is 11.1 Å². The summed E-state index contributed by atoms with van der Waals surface area (Å²) in [5, 5.41) is 11.3. The Kier molecular flexibility index (Phi) is 5.17. The van der Waals surface area contributed by atoms with Crippen LogP contribution in [0.3, 0.4) is 0 Å². The number of carbonyl (C=O) groups excluding carboxylic acids is 1. The highest BCUT2D eigenvalue weighted by molar-refractivity contribution is 7.88. The number of fused-ring (bicyclic) bond motifs is 5. The number of ether oxygens (including phenoxy) is 1. The number of carbonyl (C=O) groups is 1. The van der Waals surface area contributed by atoms with Crippen LogP contribution in [0.1, 0.15) is 54.1 Å². The minimum absolute atomic E-state index is 0.00782. The number of cyclic esters (lactones) is 1. The van der Waals surface area contributed by atoms with Crippen LogP contribution >= 0.6 is 0 Å². The van der Waals surface area contributed by atoms with Gasteiger partial charge in [0.15, 0.2) is 5.60 Å². The molecule has 11 heteroatoms. The van der Waals surface area contributed by atoms with Gasteiger partial charge >= 0.3 is 5.97 Å². The van der Waals surface area contributed by atoms with Crippen molar-refractivity contribution in [3.05, 3.63) is 62.2 Å². The molecule has 0 saturated heterocycles. The number of nitrogens with one attached hydrogen (secondary N) is 1. The molecule has 0 amide bonds. The number of hydrogen-bond donors (Lipinski definition) is 2. The number of esters is 1. The molecule has 5 rings (SSSR count). The summed E-state index contributed by atoms with van der Waals surface area (Å²) in [6.45, 7) is 4.63. The molecule has 35 heavy (non-hydrogen) atoms. The summed E-state index contributed by atoms with van der Waals surface area (Å²) in [5.74, 6) is -1.39. The molecule has 2 atom stereocenters. The van der Waals surface area contributed by atoms with E-state index >= 15 is 4.39 Å². The Bertz CT molecular complexity index is 1610. The number of aryl methyl sites for hydroxylation is 1. The molecule has 2 N–H and O–H groups in total. The van der Waals surface area contributed by atoms with Crippen LogP contribution in [0.5, 0.6) is 0 Å². The van der Waals surface area contributed by atoms with Crippen molar-refractivity contribution in [1.82, 2.24) is 14.3 Å². The maximum absolute atomic E-state index is 15.9. The largest absolute Gasteiger partial charge is 0.458 e. The SMILES string of the molecule is CC[C@@]1(O)C(=O)OCc2c1cc1n(c2=O)Cc2c-1nc1c(C(C)NS(C)(=O)=O)ccc(C)c1c2F. The van der Waals surface area contributed by atoms with Gasteiger partial charge in [0, 0.05) is 22.6 Å². The van der Waals surface area contributed by atoms with E-state index in [2.05, 4.69) is 4.72 Å². The molecule has 0 bridgehead atoms. The Morgan fingerprint density at radius 2 is 2.03 bits per heavy atom. The van der Waals surface area contributed by atoms with Crippen molar-refractivity contribution in [3.63, 3.8) is 0 Å². The Labute approximate surface area is 200 Å². The van der Waals surface area contributed by atoms with Crippen LogP contribution in [-0.2, 0) is 38.3 Å². The van der Waals surface area contributed by atoms with E-state index in [1.807, 2.05) is 0 Å². The number of nitrogens with zero attached hydrogens (tertiary/aromatic N) is 2. The smallest absolute Gasteiger partial charge is 0.343 e. The molecule has 2 aliphatic heterocycles. The van der Waals surface area contributed by atoms with Crippen molar-refractivity contribution in [1.29, 1.82) is 0 Å². The van der Waals surface area contributed by atoms with E-state index in [1.54, 1.807) is 32.9 Å². The number of aliphatic hydroxyl groups is 1. The number of hydrogen-bond acceptors (Lipinski definition) is 7. The molecule has 184 valence electrons. The monoisotopic (exact) mass is 501 g/mol. The highest BCUT2D eigenvalue weighted by Crippen LogP contribution is 2.41. The zero-order valence-electron chi connectivity index (χ0n) is 19.6. The average Bonchev–Trinajstić information content (AvgIpc) is 3.15. The third-order valence-corrected chi connectivity index (χ3v) is 7.65. The van der Waals surface area contributed by atoms with Crippen LogP contribution in [0.2, 0.25) is 0 Å². The first-order chi connectivity index (χ1) is 16.4. The van der Waals surface area contributed by atoms with Crippen molar-refractivity contribution in [2.75, 3.05) is 6.26 Å². The average molecular weight is 502 g/mol. The van der Waals surface area contributed by atoms with Gasteiger partial charge in [-0.05, 0) is 37.5 Å². The standard InChI is InChI=1S/C24H24FN3O6S/c1-5-24(31)16-8-17-20-14(9-28(17)22(29)15(16)10-34-23(24)30)19(25)18-11(2)6-7-13(21(18)26-20)12(3)27-35(4,32)33/h6-8,12,27,31H,5,9-10H2,1-4H3/t12?,24-/m0/s1. The van der Waals surface area contributed by atoms with Gasteiger partial charge in [-0.1, -0.05) is 19.1 Å². The molecule has 9 nitrogen and oxygen atoms in total. The molecule has 0 fully saturated rings. The second kappa shape index (κ2) is 7.67. The fourth-order valence-electron chi connectivity index (χ4n) is 5.04. The number of benzene rings is 1. The van der Waals surface area contributed by atoms with Gasteiger partial charge in [0.1, 0.15) is 12.4 Å². The van der Waals surface area contributed by atoms with Crippen molar-refractivity contribution in [2.24, 2.45) is 0 Å². The fourth-order valence-corrected chi connectivity index (χ4v) is 5.81. The lowest BCUT2D eigenvalue weighted by Crippen LogP contribution is -2.44. The molecule has 0 aliphatic carbocycles. The maximum Gasteiger partial charge on any atom is 0.343 e. The second-order valence-corrected chi connectivity index (χ2v) is 10.9. The Balaban J connectivity index is 1.80. The molecule has 3 aromatic rings. The number of rotatable bonds is 4. The third kappa shape index (κ3) is 3.40. The normalized spacial score (nSPS) is 19.8. The van der Waals surface area contributed by atoms with Gasteiger partial charge < -0.3 is 14.4 Å². The van der Waals surface area contributed by atoms with Crippen LogP contribution in [0.4, 0.5) is 4.39 Å². The second-order valence-electron chi connectivity index (χ2n) is 9.16. The van der Waals surface area contributed by atoms with Gasteiger partial charge in [-0.2, -0.15) is 0 Å². The Morgan fingerprint density at radius 1 is 1.31 bits per heavy atom. The lowest BCUT2D eigenvalue weighted by Gasteiger charge is -2.31. The maximum atomic E-state index is 15.9. The zero-order chi connectivity index (χ0) is 25.4. The van der Waals surface area contributed by atoms with E-state index in [4.69, 9.17) is 9.72 Å². The minimum atomic E-state index is -3.55. The van der Waals surface area contributed by atoms with Crippen LogP contribution in [0.25, 0.3) is 22.3 Å². The molecule has 2 aliphatic rings. The first-order valence-corrected chi connectivity index (χ1v) is 13.0. The van der Waals surface area contributed by atoms with E-state index in [0.717, 1.165) is 6.26 Å². The molecule has 2 aromatic heterocycles. The van der Waals surface area contributed by atoms with Crippen LogP contribution < -0.4 is 10.3 Å². The molecule has 4 heterocycles. The quantitative estimate of drug-likeness (QED) is 0.410. The van der Waals surface area contributed by atoms with Crippen molar-refractivity contribution < 1.29 is 27.4 Å². The summed E-state index contributed by atoms with van der Waals surface area (Å²) in [4.78, 5) is 30.4. The topological polar surface area (TPSA) is 128 Å². The summed E-state index contributed by atoms with van der Waals surface area (Å²) in [5.41, 5.74) is -0.110. The van der Waals surface area contributed by atoms with Gasteiger partial charge in [-0.15, -0.1) is 0 Å². The first-order valence-electron chi connectivity index (χ1n) is 11.1. The molecule has 1 aromatic carbocycles. The Morgan fingerprint density at radius 3 is 2.69 bits per heavy atom. The predicted molar refractivity (Wildman–Crippen MR) is 126 cm³/mol. The van der Waals surface area contributed by atoms with Gasteiger partial charge in [-0.3, -0.25) is 4.79 Å². The summed E-state index contributed by atoms with van der Waals surface area (Å²) in [6, 6.07) is 4.22. The lowest BCUT2D eigenvalue weighted by atomic mass is 9.86. The number of aromatic nitrogens is 2. The van der Waals surface area contributed by atoms with Gasteiger partial charge in [0.05, 0.1) is 35.3 Å². The minimum Gasteiger partial charge on any atom is -0.458 e. The number of sulfonamides is 1. The molecule has 1 unspecified atom stereocenters. The molecule has 0 spiro atoms. The number of halogens is 1. The van der Waals surface area contributed by atoms with E-state index < -0.39 is 39.0 Å². The van der Waals surface area contributed by atoms with Crippen molar-refractivity contribution in [2.45, 2.75) is 52.0 Å². The highest BCUT2D eigenvalue weighted by Gasteiger charge is 2.45. The van der Waals surface area contributed by atoms with Gasteiger partial charge in [0.2, 0.25) is 10.0 Å². The van der Waals surface area contributed by atoms with Crippen LogP contribution in [0, 0.1) is 12.7 Å². The summed E-state index contributed by atoms with van der Waals surface area (Å²) >= 11 is 0. The summed E-state index contributed by atoms with van der Waals surface area (Å²) in [7, 11) is -3.55. The molecular weight excluding hydrogens is 477 g/mol. The van der Waals surface area contributed by atoms with Crippen LogP contribution in [-0.4, -0.2) is 35.3 Å². The van der Waals surface area contributed by atoms with Gasteiger partial charge in [0.25, 0.3) is 5.56 Å². The molecule has 0 saturated carbocycles. The number of pyridine rings is 2. The predicted octanol–water partition coefficient (Wildman–Crippen LogP) is 2.14. The summed E-state index contributed by atoms with van der Waals surface area (Å²) in [6.07, 6.45) is 1.03. The van der Waals surface area contributed by atoms with E-state index in [-0.39, 0.29) is 58.6 Å².